The van der Waals surface area contributed by atoms with E-state index in [9.17, 15) is 0 Å². The monoisotopic (exact) mass is 241 g/mol. The second-order valence-corrected chi connectivity index (χ2v) is 4.14. The van der Waals surface area contributed by atoms with Crippen LogP contribution in [0.2, 0.25) is 0 Å². The van der Waals surface area contributed by atoms with Crippen molar-refractivity contribution in [2.75, 3.05) is 11.1 Å². The number of nitrogens with one attached hydrogen (secondary N) is 1. The molecule has 18 heavy (non-hydrogen) atoms. The molecule has 2 aromatic rings. The Hall–Kier alpha value is -2.48. The van der Waals surface area contributed by atoms with Crippen molar-refractivity contribution in [1.82, 2.24) is 9.78 Å². The molecule has 0 saturated carbocycles. The standard InChI is InChI=1S/C13H15N5/c1-9-4-3-5-10(6-14)12(9)16-7-11-8-17-18(2)13(11)15/h3-5,8,16H,7,15H2,1-2H3. The summed E-state index contributed by atoms with van der Waals surface area (Å²) in [6.45, 7) is 2.52. The van der Waals surface area contributed by atoms with Gasteiger partial charge in [-0.15, -0.1) is 0 Å². The van der Waals surface area contributed by atoms with E-state index in [1.807, 2.05) is 19.1 Å². The van der Waals surface area contributed by atoms with Gasteiger partial charge in [0.05, 0.1) is 17.4 Å². The number of hydrogen-bond acceptors (Lipinski definition) is 4. The molecule has 0 unspecified atom stereocenters. The predicted molar refractivity (Wildman–Crippen MR) is 70.8 cm³/mol. The van der Waals surface area contributed by atoms with Gasteiger partial charge in [-0.1, -0.05) is 12.1 Å². The summed E-state index contributed by atoms with van der Waals surface area (Å²) in [4.78, 5) is 0. The lowest BCUT2D eigenvalue weighted by molar-refractivity contribution is 0.778. The summed E-state index contributed by atoms with van der Waals surface area (Å²) < 4.78 is 1.63. The van der Waals surface area contributed by atoms with Crippen molar-refractivity contribution in [3.05, 3.63) is 41.1 Å². The van der Waals surface area contributed by atoms with E-state index in [1.54, 1.807) is 24.0 Å². The first kappa shape index (κ1) is 12.0. The number of benzene rings is 1. The van der Waals surface area contributed by atoms with Crippen molar-refractivity contribution < 1.29 is 0 Å². The molecule has 92 valence electrons. The van der Waals surface area contributed by atoms with Gasteiger partial charge in [-0.25, -0.2) is 0 Å². The molecule has 0 bridgehead atoms. The Morgan fingerprint density at radius 1 is 1.50 bits per heavy atom. The van der Waals surface area contributed by atoms with Crippen LogP contribution in [-0.2, 0) is 13.6 Å². The van der Waals surface area contributed by atoms with Crippen LogP contribution in [-0.4, -0.2) is 9.78 Å². The van der Waals surface area contributed by atoms with Gasteiger partial charge < -0.3 is 11.1 Å². The fraction of sp³-hybridized carbons (Fsp3) is 0.231. The molecule has 0 fully saturated rings. The van der Waals surface area contributed by atoms with Crippen molar-refractivity contribution in [2.24, 2.45) is 7.05 Å². The number of rotatable bonds is 3. The van der Waals surface area contributed by atoms with Crippen molar-refractivity contribution in [1.29, 1.82) is 5.26 Å². The molecular weight excluding hydrogens is 226 g/mol. The molecule has 0 saturated heterocycles. The van der Waals surface area contributed by atoms with E-state index in [4.69, 9.17) is 11.0 Å². The predicted octanol–water partition coefficient (Wildman–Crippen LogP) is 1.79. The number of nitrogens with two attached hydrogens (primary N) is 1. The molecule has 0 aliphatic carbocycles. The van der Waals surface area contributed by atoms with Gasteiger partial charge in [0.2, 0.25) is 0 Å². The summed E-state index contributed by atoms with van der Waals surface area (Å²) in [5.74, 6) is 0.634. The first-order chi connectivity index (χ1) is 8.63. The van der Waals surface area contributed by atoms with Gasteiger partial charge in [-0.2, -0.15) is 10.4 Å². The van der Waals surface area contributed by atoms with Gasteiger partial charge >= 0.3 is 0 Å². The SMILES string of the molecule is Cc1cccc(C#N)c1NCc1cnn(C)c1N. The van der Waals surface area contributed by atoms with Gasteiger partial charge in [0.25, 0.3) is 0 Å². The highest BCUT2D eigenvalue weighted by Gasteiger charge is 2.07. The fourth-order valence-corrected chi connectivity index (χ4v) is 1.81. The number of hydrogen-bond donors (Lipinski definition) is 2. The smallest absolute Gasteiger partial charge is 0.126 e. The van der Waals surface area contributed by atoms with Gasteiger partial charge in [-0.05, 0) is 18.6 Å². The maximum absolute atomic E-state index is 9.07. The number of nitrogens with zero attached hydrogens (tertiary/aromatic N) is 3. The molecule has 0 atom stereocenters. The zero-order valence-corrected chi connectivity index (χ0v) is 10.4. The van der Waals surface area contributed by atoms with Gasteiger partial charge in [0.1, 0.15) is 11.9 Å². The van der Waals surface area contributed by atoms with Crippen LogP contribution in [0.15, 0.2) is 24.4 Å². The van der Waals surface area contributed by atoms with Crippen LogP contribution >= 0.6 is 0 Å². The average Bonchev–Trinajstić information content (AvgIpc) is 2.68. The Kier molecular flexibility index (Phi) is 3.20. The zero-order chi connectivity index (χ0) is 13.1. The Morgan fingerprint density at radius 2 is 2.28 bits per heavy atom. The van der Waals surface area contributed by atoms with E-state index in [2.05, 4.69) is 16.5 Å². The second-order valence-electron chi connectivity index (χ2n) is 4.14. The molecule has 0 aliphatic heterocycles. The number of para-hydroxylation sites is 1. The Labute approximate surface area is 106 Å². The van der Waals surface area contributed by atoms with Crippen LogP contribution in [0, 0.1) is 18.3 Å². The minimum absolute atomic E-state index is 0.555. The summed E-state index contributed by atoms with van der Waals surface area (Å²) >= 11 is 0. The van der Waals surface area contributed by atoms with Crippen molar-refractivity contribution in [3.8, 4) is 6.07 Å². The van der Waals surface area contributed by atoms with Crippen LogP contribution in [0.3, 0.4) is 0 Å². The molecule has 1 aromatic heterocycles. The third-order valence-corrected chi connectivity index (χ3v) is 2.91. The average molecular weight is 241 g/mol. The normalized spacial score (nSPS) is 10.1. The highest BCUT2D eigenvalue weighted by Crippen LogP contribution is 2.21. The minimum Gasteiger partial charge on any atom is -0.384 e. The van der Waals surface area contributed by atoms with Crippen LogP contribution in [0.1, 0.15) is 16.7 Å². The van der Waals surface area contributed by atoms with E-state index in [0.717, 1.165) is 16.8 Å². The van der Waals surface area contributed by atoms with Gasteiger partial charge in [0.15, 0.2) is 0 Å². The van der Waals surface area contributed by atoms with Crippen molar-refractivity contribution in [2.45, 2.75) is 13.5 Å². The summed E-state index contributed by atoms with van der Waals surface area (Å²) in [5.41, 5.74) is 9.32. The molecule has 2 rings (SSSR count). The lowest BCUT2D eigenvalue weighted by Crippen LogP contribution is -2.06. The number of nitrogen functional groups attached to an aromatic ring is 1. The zero-order valence-electron chi connectivity index (χ0n) is 10.4. The second kappa shape index (κ2) is 4.80. The molecule has 1 aromatic carbocycles. The molecular formula is C13H15N5. The lowest BCUT2D eigenvalue weighted by Gasteiger charge is -2.10. The first-order valence-electron chi connectivity index (χ1n) is 5.63. The third kappa shape index (κ3) is 2.13. The number of nitriles is 1. The third-order valence-electron chi connectivity index (χ3n) is 2.91. The summed E-state index contributed by atoms with van der Waals surface area (Å²) in [6.07, 6.45) is 1.73. The van der Waals surface area contributed by atoms with Crippen LogP contribution < -0.4 is 11.1 Å². The Morgan fingerprint density at radius 3 is 2.89 bits per heavy atom. The molecule has 0 radical (unpaired) electrons. The van der Waals surface area contributed by atoms with E-state index in [0.29, 0.717) is 17.9 Å². The van der Waals surface area contributed by atoms with Gasteiger partial charge in [-0.3, -0.25) is 4.68 Å². The maximum atomic E-state index is 9.07. The van der Waals surface area contributed by atoms with Crippen LogP contribution in [0.25, 0.3) is 0 Å². The highest BCUT2D eigenvalue weighted by atomic mass is 15.3. The lowest BCUT2D eigenvalue weighted by atomic mass is 10.1. The molecule has 0 spiro atoms. The summed E-state index contributed by atoms with van der Waals surface area (Å²) in [6, 6.07) is 7.81. The van der Waals surface area contributed by atoms with Gasteiger partial charge in [0, 0.05) is 19.2 Å². The molecule has 3 N–H and O–H groups in total. The largest absolute Gasteiger partial charge is 0.384 e. The fourth-order valence-electron chi connectivity index (χ4n) is 1.81. The molecule has 0 aliphatic rings. The number of anilines is 2. The van der Waals surface area contributed by atoms with E-state index < -0.39 is 0 Å². The number of aryl methyl sites for hydroxylation is 2. The number of aromatic nitrogens is 2. The van der Waals surface area contributed by atoms with Crippen molar-refractivity contribution >= 4 is 11.5 Å². The van der Waals surface area contributed by atoms with E-state index in [-0.39, 0.29) is 0 Å². The Bertz CT molecular complexity index is 606. The maximum Gasteiger partial charge on any atom is 0.126 e. The molecule has 0 amide bonds. The first-order valence-corrected chi connectivity index (χ1v) is 5.63. The summed E-state index contributed by atoms with van der Waals surface area (Å²) in [5, 5.41) is 16.4. The van der Waals surface area contributed by atoms with E-state index >= 15 is 0 Å². The quantitative estimate of drug-likeness (QED) is 0.858. The summed E-state index contributed by atoms with van der Waals surface area (Å²) in [7, 11) is 1.80. The van der Waals surface area contributed by atoms with E-state index in [1.165, 1.54) is 0 Å². The minimum atomic E-state index is 0.555. The molecule has 1 heterocycles. The van der Waals surface area contributed by atoms with Crippen LogP contribution in [0.4, 0.5) is 11.5 Å². The Balaban J connectivity index is 2.21. The van der Waals surface area contributed by atoms with Crippen LogP contribution in [0.5, 0.6) is 0 Å². The molecule has 5 nitrogen and oxygen atoms in total. The van der Waals surface area contributed by atoms with Crippen molar-refractivity contribution in [3.63, 3.8) is 0 Å². The topological polar surface area (TPSA) is 79.7 Å². The highest BCUT2D eigenvalue weighted by molar-refractivity contribution is 5.62. The molecule has 5 heteroatoms.